The summed E-state index contributed by atoms with van der Waals surface area (Å²) in [6, 6.07) is 12.9. The summed E-state index contributed by atoms with van der Waals surface area (Å²) in [5, 5.41) is 3.62. The van der Waals surface area contributed by atoms with Crippen molar-refractivity contribution in [3.05, 3.63) is 94.7 Å². The second kappa shape index (κ2) is 11.1. The summed E-state index contributed by atoms with van der Waals surface area (Å²) < 4.78 is 39.6. The Morgan fingerprint density at radius 2 is 1.82 bits per heavy atom. The van der Waals surface area contributed by atoms with Crippen molar-refractivity contribution in [1.29, 1.82) is 0 Å². The SMILES string of the molecule is Cc1[nH]c(-c2ccc(Cl)cc2)c(CN2CCN(c3cccc(C(F)(F)F)c3)CC2)c1NC(=O)c1cnccn1. The number of piperazine rings is 1. The second-order valence-electron chi connectivity index (χ2n) is 9.34. The molecule has 0 bridgehead atoms. The molecule has 0 spiro atoms. The Bertz CT molecular complexity index is 1450. The van der Waals surface area contributed by atoms with Gasteiger partial charge in [-0.2, -0.15) is 13.2 Å². The molecule has 0 aliphatic carbocycles. The molecule has 0 atom stereocenters. The van der Waals surface area contributed by atoms with Gasteiger partial charge in [-0.1, -0.05) is 29.8 Å². The summed E-state index contributed by atoms with van der Waals surface area (Å²) in [7, 11) is 0. The first-order valence-electron chi connectivity index (χ1n) is 12.4. The highest BCUT2D eigenvalue weighted by Crippen LogP contribution is 2.35. The van der Waals surface area contributed by atoms with E-state index in [4.69, 9.17) is 11.6 Å². The van der Waals surface area contributed by atoms with Gasteiger partial charge in [-0.25, -0.2) is 4.98 Å². The topological polar surface area (TPSA) is 77.2 Å². The average molecular weight is 555 g/mol. The normalized spacial score (nSPS) is 14.4. The van der Waals surface area contributed by atoms with Crippen molar-refractivity contribution in [2.75, 3.05) is 36.4 Å². The fourth-order valence-electron chi connectivity index (χ4n) is 4.73. The third kappa shape index (κ3) is 6.07. The number of carbonyl (C=O) groups excluding carboxylic acids is 1. The zero-order chi connectivity index (χ0) is 27.6. The number of alkyl halides is 3. The molecule has 7 nitrogen and oxygen atoms in total. The number of amides is 1. The molecule has 1 amide bonds. The van der Waals surface area contributed by atoms with Crippen LogP contribution >= 0.6 is 11.6 Å². The fourth-order valence-corrected chi connectivity index (χ4v) is 4.85. The fraction of sp³-hybridized carbons (Fsp3) is 0.250. The molecular weight excluding hydrogens is 529 g/mol. The van der Waals surface area contributed by atoms with Gasteiger partial charge < -0.3 is 15.2 Å². The molecule has 1 aliphatic rings. The number of rotatable bonds is 6. The van der Waals surface area contributed by atoms with Gasteiger partial charge in [-0.05, 0) is 42.8 Å². The lowest BCUT2D eigenvalue weighted by Crippen LogP contribution is -2.46. The van der Waals surface area contributed by atoms with Crippen LogP contribution in [0, 0.1) is 6.92 Å². The summed E-state index contributed by atoms with van der Waals surface area (Å²) in [5.41, 5.74) is 4.23. The van der Waals surface area contributed by atoms with Crippen LogP contribution in [0.1, 0.15) is 27.3 Å². The Kier molecular flexibility index (Phi) is 7.58. The van der Waals surface area contributed by atoms with Crippen molar-refractivity contribution in [2.24, 2.45) is 0 Å². The Labute approximate surface area is 228 Å². The van der Waals surface area contributed by atoms with Crippen molar-refractivity contribution in [3.8, 4) is 11.3 Å². The number of aryl methyl sites for hydroxylation is 1. The molecule has 202 valence electrons. The van der Waals surface area contributed by atoms with Crippen LogP contribution in [0.3, 0.4) is 0 Å². The number of anilines is 2. The largest absolute Gasteiger partial charge is 0.416 e. The van der Waals surface area contributed by atoms with Crippen LogP contribution in [-0.4, -0.2) is 51.9 Å². The minimum atomic E-state index is -4.38. The van der Waals surface area contributed by atoms with E-state index in [0.29, 0.717) is 49.1 Å². The molecule has 1 fully saturated rings. The van der Waals surface area contributed by atoms with Gasteiger partial charge in [0, 0.05) is 67.1 Å². The molecule has 2 N–H and O–H groups in total. The van der Waals surface area contributed by atoms with Crippen molar-refractivity contribution in [3.63, 3.8) is 0 Å². The van der Waals surface area contributed by atoms with E-state index in [0.717, 1.165) is 28.6 Å². The third-order valence-electron chi connectivity index (χ3n) is 6.75. The summed E-state index contributed by atoms with van der Waals surface area (Å²) >= 11 is 6.11. The smallest absolute Gasteiger partial charge is 0.369 e. The van der Waals surface area contributed by atoms with Crippen molar-refractivity contribution < 1.29 is 18.0 Å². The zero-order valence-corrected chi connectivity index (χ0v) is 21.9. The number of aromatic nitrogens is 3. The van der Waals surface area contributed by atoms with Gasteiger partial charge in [-0.3, -0.25) is 14.7 Å². The van der Waals surface area contributed by atoms with Gasteiger partial charge >= 0.3 is 6.18 Å². The number of H-pyrrole nitrogens is 1. The number of benzene rings is 2. The number of nitrogens with zero attached hydrogens (tertiary/aromatic N) is 4. The molecular formula is C28H26ClF3N6O. The maximum Gasteiger partial charge on any atom is 0.416 e. The van der Waals surface area contributed by atoms with Crippen LogP contribution in [0.2, 0.25) is 5.02 Å². The van der Waals surface area contributed by atoms with E-state index in [-0.39, 0.29) is 11.6 Å². The van der Waals surface area contributed by atoms with E-state index in [1.54, 1.807) is 6.07 Å². The quantitative estimate of drug-likeness (QED) is 0.304. The molecule has 0 saturated carbocycles. The Balaban J connectivity index is 1.38. The molecule has 0 unspecified atom stereocenters. The highest BCUT2D eigenvalue weighted by Gasteiger charge is 2.31. The minimum Gasteiger partial charge on any atom is -0.369 e. The first-order chi connectivity index (χ1) is 18.7. The van der Waals surface area contributed by atoms with E-state index in [2.05, 4.69) is 25.2 Å². The van der Waals surface area contributed by atoms with Crippen LogP contribution in [0.25, 0.3) is 11.3 Å². The minimum absolute atomic E-state index is 0.201. The predicted octanol–water partition coefficient (Wildman–Crippen LogP) is 6.03. The number of carbonyl (C=O) groups is 1. The predicted molar refractivity (Wildman–Crippen MR) is 145 cm³/mol. The number of nitrogens with one attached hydrogen (secondary N) is 2. The highest BCUT2D eigenvalue weighted by atomic mass is 35.5. The molecule has 3 heterocycles. The zero-order valence-electron chi connectivity index (χ0n) is 21.1. The molecule has 2 aromatic heterocycles. The molecule has 4 aromatic rings. The van der Waals surface area contributed by atoms with Gasteiger partial charge in [0.05, 0.1) is 23.1 Å². The number of hydrogen-bond donors (Lipinski definition) is 2. The van der Waals surface area contributed by atoms with Gasteiger partial charge in [0.25, 0.3) is 5.91 Å². The lowest BCUT2D eigenvalue weighted by Gasteiger charge is -2.36. The van der Waals surface area contributed by atoms with Gasteiger partial charge in [0.2, 0.25) is 0 Å². The van der Waals surface area contributed by atoms with Crippen LogP contribution in [0.4, 0.5) is 24.5 Å². The standard InChI is InChI=1S/C28H26ClF3N6O/c1-18-25(36-27(39)24-16-33-9-10-34-24)23(26(35-18)19-5-7-21(29)8-6-19)17-37-11-13-38(14-12-37)22-4-2-3-20(15-22)28(30,31)32/h2-10,15-16,35H,11-14,17H2,1H3,(H,36,39). The van der Waals surface area contributed by atoms with Gasteiger partial charge in [0.1, 0.15) is 5.69 Å². The monoisotopic (exact) mass is 554 g/mol. The van der Waals surface area contributed by atoms with Crippen molar-refractivity contribution in [1.82, 2.24) is 19.9 Å². The van der Waals surface area contributed by atoms with E-state index >= 15 is 0 Å². The van der Waals surface area contributed by atoms with Crippen molar-refractivity contribution in [2.45, 2.75) is 19.6 Å². The Morgan fingerprint density at radius 3 is 2.49 bits per heavy atom. The van der Waals surface area contributed by atoms with E-state index in [1.165, 1.54) is 30.7 Å². The van der Waals surface area contributed by atoms with Crippen LogP contribution in [0.5, 0.6) is 0 Å². The van der Waals surface area contributed by atoms with Gasteiger partial charge in [-0.15, -0.1) is 0 Å². The summed E-state index contributed by atoms with van der Waals surface area (Å²) in [5.74, 6) is -0.372. The highest BCUT2D eigenvalue weighted by molar-refractivity contribution is 6.30. The Hall–Kier alpha value is -3.89. The number of halogens is 4. The summed E-state index contributed by atoms with van der Waals surface area (Å²) in [4.78, 5) is 28.6. The summed E-state index contributed by atoms with van der Waals surface area (Å²) in [6.07, 6.45) is -0.0114. The van der Waals surface area contributed by atoms with Crippen LogP contribution in [-0.2, 0) is 12.7 Å². The molecule has 39 heavy (non-hydrogen) atoms. The van der Waals surface area contributed by atoms with Gasteiger partial charge in [0.15, 0.2) is 0 Å². The molecule has 2 aromatic carbocycles. The summed E-state index contributed by atoms with van der Waals surface area (Å²) in [6.45, 7) is 4.83. The van der Waals surface area contributed by atoms with E-state index < -0.39 is 11.7 Å². The first kappa shape index (κ1) is 26.7. The lowest BCUT2D eigenvalue weighted by molar-refractivity contribution is -0.137. The number of hydrogen-bond acceptors (Lipinski definition) is 5. The van der Waals surface area contributed by atoms with E-state index in [9.17, 15) is 18.0 Å². The van der Waals surface area contributed by atoms with Crippen LogP contribution < -0.4 is 10.2 Å². The molecule has 5 rings (SSSR count). The number of aromatic amines is 1. The van der Waals surface area contributed by atoms with E-state index in [1.807, 2.05) is 36.1 Å². The maximum absolute atomic E-state index is 13.2. The lowest BCUT2D eigenvalue weighted by atomic mass is 10.1. The third-order valence-corrected chi connectivity index (χ3v) is 7.00. The maximum atomic E-state index is 13.2. The molecule has 1 aliphatic heterocycles. The second-order valence-corrected chi connectivity index (χ2v) is 9.78. The Morgan fingerprint density at radius 1 is 1.08 bits per heavy atom. The molecule has 11 heteroatoms. The van der Waals surface area contributed by atoms with Crippen LogP contribution in [0.15, 0.2) is 67.1 Å². The van der Waals surface area contributed by atoms with Crippen molar-refractivity contribution >= 4 is 28.9 Å². The molecule has 0 radical (unpaired) electrons. The molecule has 1 saturated heterocycles. The average Bonchev–Trinajstić information content (AvgIpc) is 3.24. The first-order valence-corrected chi connectivity index (χ1v) is 12.8.